The summed E-state index contributed by atoms with van der Waals surface area (Å²) in [5, 5.41) is 7.65. The highest BCUT2D eigenvalue weighted by molar-refractivity contribution is 6.16. The minimum absolute atomic E-state index is 1.10. The maximum absolute atomic E-state index is 2.41. The Morgan fingerprint density at radius 2 is 0.607 bits per heavy atom. The third-order valence-corrected chi connectivity index (χ3v) is 12.5. The molecule has 61 heavy (non-hydrogen) atoms. The number of hydrogen-bond donors (Lipinski definition) is 0. The van der Waals surface area contributed by atoms with Gasteiger partial charge >= 0.3 is 0 Å². The van der Waals surface area contributed by atoms with Gasteiger partial charge in [0.15, 0.2) is 0 Å². The van der Waals surface area contributed by atoms with Crippen molar-refractivity contribution in [2.75, 3.05) is 4.90 Å². The maximum Gasteiger partial charge on any atom is 0.0467 e. The van der Waals surface area contributed by atoms with Crippen LogP contribution in [0.1, 0.15) is 0 Å². The molecule has 0 bridgehead atoms. The van der Waals surface area contributed by atoms with Crippen molar-refractivity contribution in [2.24, 2.45) is 0 Å². The molecule has 0 aliphatic heterocycles. The first-order valence-corrected chi connectivity index (χ1v) is 21.1. The highest BCUT2D eigenvalue weighted by Gasteiger charge is 2.22. The van der Waals surface area contributed by atoms with E-state index in [0.29, 0.717) is 0 Å². The smallest absolute Gasteiger partial charge is 0.0467 e. The third kappa shape index (κ3) is 6.10. The lowest BCUT2D eigenvalue weighted by Gasteiger charge is -2.27. The Kier molecular flexibility index (Phi) is 8.25. The molecular formula is C60H39N. The first-order valence-electron chi connectivity index (χ1n) is 21.1. The lowest BCUT2D eigenvalue weighted by atomic mass is 9.94. The van der Waals surface area contributed by atoms with Gasteiger partial charge in [-0.1, -0.05) is 182 Å². The molecule has 0 unspecified atom stereocenters. The van der Waals surface area contributed by atoms with Crippen molar-refractivity contribution >= 4 is 49.4 Å². The van der Waals surface area contributed by atoms with E-state index in [4.69, 9.17) is 0 Å². The molecular weight excluding hydrogens is 735 g/mol. The molecule has 0 spiro atoms. The Labute approximate surface area is 356 Å². The Bertz CT molecular complexity index is 3470. The molecule has 1 nitrogen and oxygen atoms in total. The van der Waals surface area contributed by atoms with Crippen molar-refractivity contribution in [3.8, 4) is 66.8 Å². The van der Waals surface area contributed by atoms with E-state index in [1.165, 1.54) is 99.1 Å². The second-order valence-corrected chi connectivity index (χ2v) is 16.1. The van der Waals surface area contributed by atoms with Gasteiger partial charge in [0.05, 0.1) is 0 Å². The predicted octanol–water partition coefficient (Wildman–Crippen LogP) is 16.9. The van der Waals surface area contributed by atoms with Gasteiger partial charge in [0, 0.05) is 17.1 Å². The maximum atomic E-state index is 2.41. The zero-order valence-electron chi connectivity index (χ0n) is 33.5. The van der Waals surface area contributed by atoms with E-state index in [-0.39, 0.29) is 0 Å². The van der Waals surface area contributed by atoms with Crippen LogP contribution in [0.3, 0.4) is 0 Å². The van der Waals surface area contributed by atoms with Crippen LogP contribution in [0.25, 0.3) is 99.1 Å². The molecule has 0 heterocycles. The molecule has 0 atom stereocenters. The van der Waals surface area contributed by atoms with Crippen LogP contribution < -0.4 is 4.90 Å². The number of rotatable bonds is 7. The molecule has 0 amide bonds. The highest BCUT2D eigenvalue weighted by Crippen LogP contribution is 2.49. The second kappa shape index (κ2) is 14.4. The van der Waals surface area contributed by atoms with Gasteiger partial charge in [0.1, 0.15) is 0 Å². The van der Waals surface area contributed by atoms with Crippen LogP contribution in [0, 0.1) is 0 Å². The largest absolute Gasteiger partial charge is 0.310 e. The molecule has 1 aliphatic carbocycles. The van der Waals surface area contributed by atoms with Crippen LogP contribution in [-0.2, 0) is 0 Å². The van der Waals surface area contributed by atoms with Crippen molar-refractivity contribution in [3.05, 3.63) is 237 Å². The number of hydrogen-bond acceptors (Lipinski definition) is 1. The monoisotopic (exact) mass is 773 g/mol. The number of anilines is 3. The molecule has 12 rings (SSSR count). The SMILES string of the molecule is c1ccc(-c2cccc(N(c3cccc(-c4ccc5c(c4)-c4cccc6cccc-5c46)c3)c3cccc(-c4ccc5ccc6ccc(-c7ccccc7)cc6c5c4)c3)c2)cc1. The summed E-state index contributed by atoms with van der Waals surface area (Å²) in [4.78, 5) is 2.41. The summed E-state index contributed by atoms with van der Waals surface area (Å²) in [6, 6.07) is 86.8. The lowest BCUT2D eigenvalue weighted by Crippen LogP contribution is -2.10. The Morgan fingerprint density at radius 3 is 1.15 bits per heavy atom. The molecule has 11 aromatic carbocycles. The average Bonchev–Trinajstić information content (AvgIpc) is 3.66. The van der Waals surface area contributed by atoms with Gasteiger partial charge in [-0.3, -0.25) is 0 Å². The van der Waals surface area contributed by atoms with Gasteiger partial charge in [-0.2, -0.15) is 0 Å². The Morgan fingerprint density at radius 1 is 0.213 bits per heavy atom. The second-order valence-electron chi connectivity index (χ2n) is 16.1. The number of benzene rings is 11. The molecule has 0 saturated heterocycles. The number of nitrogens with zero attached hydrogens (tertiary/aromatic N) is 1. The molecule has 0 saturated carbocycles. The molecule has 284 valence electrons. The van der Waals surface area contributed by atoms with Crippen LogP contribution in [0.15, 0.2) is 237 Å². The quantitative estimate of drug-likeness (QED) is 0.146. The van der Waals surface area contributed by atoms with E-state index in [2.05, 4.69) is 241 Å². The fourth-order valence-corrected chi connectivity index (χ4v) is 9.56. The number of fused-ring (bicyclic) bond motifs is 6. The first-order chi connectivity index (χ1) is 30.2. The topological polar surface area (TPSA) is 3.24 Å². The van der Waals surface area contributed by atoms with Crippen molar-refractivity contribution < 1.29 is 0 Å². The van der Waals surface area contributed by atoms with Crippen LogP contribution >= 0.6 is 0 Å². The van der Waals surface area contributed by atoms with E-state index in [0.717, 1.165) is 17.1 Å². The van der Waals surface area contributed by atoms with Crippen molar-refractivity contribution in [1.82, 2.24) is 0 Å². The van der Waals surface area contributed by atoms with Crippen molar-refractivity contribution in [3.63, 3.8) is 0 Å². The predicted molar refractivity (Wildman–Crippen MR) is 260 cm³/mol. The normalized spacial score (nSPS) is 11.6. The fraction of sp³-hybridized carbons (Fsp3) is 0. The molecule has 0 fully saturated rings. The van der Waals surface area contributed by atoms with E-state index in [1.54, 1.807) is 0 Å². The van der Waals surface area contributed by atoms with Crippen LogP contribution in [-0.4, -0.2) is 0 Å². The first kappa shape index (κ1) is 35.0. The molecule has 1 aliphatic rings. The molecule has 1 heteroatoms. The van der Waals surface area contributed by atoms with Crippen LogP contribution in [0.2, 0.25) is 0 Å². The summed E-state index contributed by atoms with van der Waals surface area (Å²) in [6.45, 7) is 0. The van der Waals surface area contributed by atoms with Gasteiger partial charge in [-0.25, -0.2) is 0 Å². The summed E-state index contributed by atoms with van der Waals surface area (Å²) in [5.74, 6) is 0. The molecule has 11 aromatic rings. The Hall–Kier alpha value is -8.00. The zero-order valence-corrected chi connectivity index (χ0v) is 33.5. The minimum atomic E-state index is 1.10. The summed E-state index contributed by atoms with van der Waals surface area (Å²) < 4.78 is 0. The van der Waals surface area contributed by atoms with Gasteiger partial charge in [0.2, 0.25) is 0 Å². The molecule has 0 aromatic heterocycles. The van der Waals surface area contributed by atoms with E-state index >= 15 is 0 Å². The van der Waals surface area contributed by atoms with E-state index in [9.17, 15) is 0 Å². The van der Waals surface area contributed by atoms with Gasteiger partial charge < -0.3 is 4.90 Å². The standard InChI is InChI=1S/C60H39N/c1-3-12-40(13-4-1)45-18-7-21-51(34-45)61(53-23-9-20-47(36-53)50-32-33-54-55-24-10-16-44-17-11-25-56(60(44)55)59(54)39-50)52-22-8-19-46(35-52)49-31-29-43-27-26-42-28-30-48(37-57(42)58(43)38-49)41-14-5-2-6-15-41/h1-39H. The lowest BCUT2D eigenvalue weighted by molar-refractivity contribution is 1.28. The van der Waals surface area contributed by atoms with E-state index in [1.807, 2.05) is 0 Å². The van der Waals surface area contributed by atoms with Crippen LogP contribution in [0.4, 0.5) is 17.1 Å². The van der Waals surface area contributed by atoms with Crippen molar-refractivity contribution in [1.29, 1.82) is 0 Å². The van der Waals surface area contributed by atoms with Gasteiger partial charge in [0.25, 0.3) is 0 Å². The zero-order chi connectivity index (χ0) is 40.3. The molecule has 0 radical (unpaired) electrons. The minimum Gasteiger partial charge on any atom is -0.310 e. The fourth-order valence-electron chi connectivity index (χ4n) is 9.56. The summed E-state index contributed by atoms with van der Waals surface area (Å²) in [7, 11) is 0. The van der Waals surface area contributed by atoms with Gasteiger partial charge in [-0.05, 0) is 154 Å². The van der Waals surface area contributed by atoms with Gasteiger partial charge in [-0.15, -0.1) is 0 Å². The average molecular weight is 774 g/mol. The summed E-state index contributed by atoms with van der Waals surface area (Å²) in [5.41, 5.74) is 18.1. The van der Waals surface area contributed by atoms with E-state index < -0.39 is 0 Å². The summed E-state index contributed by atoms with van der Waals surface area (Å²) >= 11 is 0. The molecule has 0 N–H and O–H groups in total. The third-order valence-electron chi connectivity index (χ3n) is 12.5. The summed E-state index contributed by atoms with van der Waals surface area (Å²) in [6.07, 6.45) is 0. The highest BCUT2D eigenvalue weighted by atomic mass is 15.1. The van der Waals surface area contributed by atoms with Crippen LogP contribution in [0.5, 0.6) is 0 Å². The Balaban J connectivity index is 0.983. The van der Waals surface area contributed by atoms with Crippen molar-refractivity contribution in [2.45, 2.75) is 0 Å².